The van der Waals surface area contributed by atoms with Crippen molar-refractivity contribution >= 4 is 54.5 Å². The van der Waals surface area contributed by atoms with Crippen molar-refractivity contribution in [2.75, 3.05) is 0 Å². The van der Waals surface area contributed by atoms with Crippen molar-refractivity contribution in [1.29, 1.82) is 0 Å². The Labute approximate surface area is 132 Å². The van der Waals surface area contributed by atoms with Crippen LogP contribution in [0.1, 0.15) is 25.3 Å². The molecule has 0 aromatic heterocycles. The number of hydrogen-bond donors (Lipinski definition) is 1. The van der Waals surface area contributed by atoms with Gasteiger partial charge in [0.25, 0.3) is 0 Å². The summed E-state index contributed by atoms with van der Waals surface area (Å²) in [6.07, 6.45) is 2.21. The summed E-state index contributed by atoms with van der Waals surface area (Å²) < 4.78 is 5.54. The summed E-state index contributed by atoms with van der Waals surface area (Å²) >= 11 is 0. The first kappa shape index (κ1) is 18.5. The zero-order valence-electron chi connectivity index (χ0n) is 12.6. The van der Waals surface area contributed by atoms with Crippen molar-refractivity contribution < 1.29 is 9.76 Å². The van der Waals surface area contributed by atoms with Gasteiger partial charge in [-0.25, -0.2) is 0 Å². The molecule has 1 atom stereocenters. The molecule has 0 bridgehead atoms. The predicted molar refractivity (Wildman–Crippen MR) is 99.1 cm³/mol. The minimum atomic E-state index is -0.277. The summed E-state index contributed by atoms with van der Waals surface area (Å²) in [5, 5.41) is 9.83. The Balaban J connectivity index is 2.48. The van der Waals surface area contributed by atoms with Crippen LogP contribution in [-0.2, 0) is 6.42 Å². The van der Waals surface area contributed by atoms with Crippen LogP contribution in [0.2, 0.25) is 0 Å². The molecule has 0 aliphatic carbocycles. The number of benzene rings is 1. The molecule has 0 saturated carbocycles. The molecule has 21 heavy (non-hydrogen) atoms. The van der Waals surface area contributed by atoms with Crippen molar-refractivity contribution in [3.05, 3.63) is 29.8 Å². The van der Waals surface area contributed by atoms with Crippen LogP contribution in [0.25, 0.3) is 0 Å². The Morgan fingerprint density at radius 1 is 1.19 bits per heavy atom. The number of rotatable bonds is 9. The van der Waals surface area contributed by atoms with E-state index in [0.717, 1.165) is 24.2 Å². The zero-order chi connectivity index (χ0) is 15.3. The molecule has 1 N–H and O–H groups in total. The van der Waals surface area contributed by atoms with Crippen LogP contribution < -0.4 is 4.65 Å². The molecule has 0 aliphatic heterocycles. The van der Waals surface area contributed by atoms with E-state index in [4.69, 9.17) is 4.65 Å². The summed E-state index contributed by atoms with van der Waals surface area (Å²) in [5.74, 6) is 0.780. The maximum atomic E-state index is 9.83. The fourth-order valence-electron chi connectivity index (χ4n) is 1.89. The van der Waals surface area contributed by atoms with Gasteiger partial charge in [-0.2, -0.15) is 0 Å². The summed E-state index contributed by atoms with van der Waals surface area (Å²) in [6, 6.07) is 7.82. The molecule has 1 aromatic rings. The van der Waals surface area contributed by atoms with E-state index >= 15 is 0 Å². The van der Waals surface area contributed by atoms with E-state index in [2.05, 4.69) is 14.3 Å². The summed E-state index contributed by atoms with van der Waals surface area (Å²) in [7, 11) is 5.23. The molecule has 0 radical (unpaired) electrons. The topological polar surface area (TPSA) is 29.5 Å². The van der Waals surface area contributed by atoms with Crippen LogP contribution in [0.5, 0.6) is 5.75 Å². The van der Waals surface area contributed by atoms with Crippen molar-refractivity contribution in [3.8, 4) is 5.75 Å². The van der Waals surface area contributed by atoms with Crippen molar-refractivity contribution in [2.24, 2.45) is 0 Å². The van der Waals surface area contributed by atoms with Gasteiger partial charge in [0, 0.05) is 0 Å². The number of aliphatic hydroxyl groups excluding tert-OH is 1. The van der Waals surface area contributed by atoms with E-state index in [9.17, 15) is 5.11 Å². The van der Waals surface area contributed by atoms with Gasteiger partial charge in [-0.1, -0.05) is 0 Å². The summed E-state index contributed by atoms with van der Waals surface area (Å²) in [4.78, 5) is 0. The van der Waals surface area contributed by atoms with E-state index < -0.39 is 0 Å². The summed E-state index contributed by atoms with van der Waals surface area (Å²) in [5.41, 5.74) is 1.09. The molecule has 1 rings (SSSR count). The Morgan fingerprint density at radius 3 is 2.71 bits per heavy atom. The average molecular weight is 267 g/mol. The third-order valence-electron chi connectivity index (χ3n) is 2.85. The predicted octanol–water partition coefficient (Wildman–Crippen LogP) is -1.08. The van der Waals surface area contributed by atoms with Gasteiger partial charge in [0.2, 0.25) is 0 Å². The Hall–Kier alpha value is -0.501. The van der Waals surface area contributed by atoms with E-state index in [-0.39, 0.29) is 6.10 Å². The molecule has 10 heteroatoms. The van der Waals surface area contributed by atoms with Gasteiger partial charge in [-0.05, 0) is 0 Å². The molecule has 0 amide bonds. The van der Waals surface area contributed by atoms with Crippen LogP contribution in [-0.4, -0.2) is 65.7 Å². The molecule has 0 spiro atoms. The van der Waals surface area contributed by atoms with Crippen molar-refractivity contribution in [3.63, 3.8) is 0 Å². The monoisotopic (exact) mass is 268 g/mol. The third-order valence-corrected chi connectivity index (χ3v) is 2.85. The Morgan fingerprint density at radius 2 is 1.95 bits per heavy atom. The normalized spacial score (nSPS) is 10.7. The second-order valence-electron chi connectivity index (χ2n) is 4.75. The molecule has 0 heterocycles. The van der Waals surface area contributed by atoms with Gasteiger partial charge in [0.15, 0.2) is 0 Å². The molecule has 1 aromatic carbocycles. The van der Waals surface area contributed by atoms with E-state index in [0.29, 0.717) is 6.42 Å². The van der Waals surface area contributed by atoms with Gasteiger partial charge in [0.1, 0.15) is 0 Å². The van der Waals surface area contributed by atoms with E-state index in [1.54, 1.807) is 13.7 Å². The van der Waals surface area contributed by atoms with Gasteiger partial charge < -0.3 is 0 Å². The molecular weight excluding hydrogens is 251 g/mol. The van der Waals surface area contributed by atoms with Crippen molar-refractivity contribution in [2.45, 2.75) is 32.3 Å². The first-order valence-electron chi connectivity index (χ1n) is 7.30. The van der Waals surface area contributed by atoms with E-state index in [1.165, 1.54) is 0 Å². The second kappa shape index (κ2) is 12.1. The third kappa shape index (κ3) is 9.18. The van der Waals surface area contributed by atoms with Crippen LogP contribution >= 0.6 is 0 Å². The second-order valence-corrected chi connectivity index (χ2v) is 4.75. The average Bonchev–Trinajstić information content (AvgIpc) is 2.47. The van der Waals surface area contributed by atoms with Gasteiger partial charge >= 0.3 is 132 Å². The molecule has 96 valence electrons. The molecule has 0 aliphatic rings. The maximum absolute atomic E-state index is 9.83. The van der Waals surface area contributed by atoms with Gasteiger partial charge in [0.05, 0.1) is 0 Å². The van der Waals surface area contributed by atoms with Crippen LogP contribution in [0, 0.1) is 0 Å². The molecule has 2 nitrogen and oxygen atoms in total. The van der Waals surface area contributed by atoms with Crippen LogP contribution in [0.3, 0.4) is 0 Å². The zero-order valence-corrected chi connectivity index (χ0v) is 12.6. The minimum absolute atomic E-state index is 0.277. The summed E-state index contributed by atoms with van der Waals surface area (Å²) in [6.45, 7) is 13.2. The molecule has 0 fully saturated rings. The van der Waals surface area contributed by atoms with Crippen LogP contribution in [0.15, 0.2) is 24.3 Å². The number of hydrogen-bond acceptors (Lipinski definition) is 2. The SMILES string of the molecule is B=BB=BB=BB=BOc1cccc(CC(O)CCC)c1. The van der Waals surface area contributed by atoms with Crippen LogP contribution in [0.4, 0.5) is 0 Å². The quantitative estimate of drug-likeness (QED) is 0.576. The van der Waals surface area contributed by atoms with E-state index in [1.807, 2.05) is 57.7 Å². The van der Waals surface area contributed by atoms with Crippen molar-refractivity contribution in [1.82, 2.24) is 0 Å². The fourth-order valence-corrected chi connectivity index (χ4v) is 1.89. The molecule has 0 saturated heterocycles. The molecule has 1 unspecified atom stereocenters. The first-order chi connectivity index (χ1) is 10.3. The van der Waals surface area contributed by atoms with Gasteiger partial charge in [-0.3, -0.25) is 0 Å². The van der Waals surface area contributed by atoms with Gasteiger partial charge in [-0.15, -0.1) is 0 Å². The Bertz CT molecular complexity index is 517. The molecular formula is C11H16B8O2. The fraction of sp³-hybridized carbons (Fsp3) is 0.455. The Kier molecular flexibility index (Phi) is 10.7. The first-order valence-corrected chi connectivity index (χ1v) is 7.30. The standard InChI is InChI=1S/C11H16B8O2/c1-2-4-10(20)7-9-5-3-6-11(8-9)21-19-18-17-16-15-14-13-12/h3,5-6,8,10,12,20H,2,4,7H2,1H3. The number of aliphatic hydroxyl groups is 1.